The molecule has 1 heterocycles. The molecule has 116 valence electrons. The lowest BCUT2D eigenvalue weighted by molar-refractivity contribution is -0.114. The summed E-state index contributed by atoms with van der Waals surface area (Å²) in [5.74, 6) is 0.352. The van der Waals surface area contributed by atoms with Crippen LogP contribution < -0.4 is 10.6 Å². The van der Waals surface area contributed by atoms with Gasteiger partial charge in [0.25, 0.3) is 5.91 Å². The van der Waals surface area contributed by atoms with Crippen molar-refractivity contribution in [2.75, 3.05) is 5.32 Å². The van der Waals surface area contributed by atoms with Crippen LogP contribution in [0.5, 0.6) is 0 Å². The predicted octanol–water partition coefficient (Wildman–Crippen LogP) is 3.06. The van der Waals surface area contributed by atoms with E-state index in [-0.39, 0.29) is 11.8 Å². The van der Waals surface area contributed by atoms with Crippen molar-refractivity contribution in [2.24, 2.45) is 0 Å². The standard InChI is InChI=1S/C18H17N3O2/c1-12(22)20-17-10-15-9-14(7-8-16(15)21-17)18(23)19-11-13-5-3-2-4-6-13/h2-10,21H,11H2,1H3,(H,19,23)(H,20,22). The van der Waals surface area contributed by atoms with Crippen molar-refractivity contribution in [3.63, 3.8) is 0 Å². The molecule has 3 rings (SSSR count). The lowest BCUT2D eigenvalue weighted by Gasteiger charge is -2.05. The highest BCUT2D eigenvalue weighted by Gasteiger charge is 2.08. The number of anilines is 1. The Labute approximate surface area is 133 Å². The first-order valence-corrected chi connectivity index (χ1v) is 7.34. The van der Waals surface area contributed by atoms with Crippen LogP contribution in [-0.2, 0) is 11.3 Å². The van der Waals surface area contributed by atoms with E-state index in [2.05, 4.69) is 15.6 Å². The van der Waals surface area contributed by atoms with Gasteiger partial charge in [-0.3, -0.25) is 9.59 Å². The normalized spacial score (nSPS) is 10.5. The first-order chi connectivity index (χ1) is 11.1. The zero-order valence-electron chi connectivity index (χ0n) is 12.7. The van der Waals surface area contributed by atoms with Crippen molar-refractivity contribution in [3.8, 4) is 0 Å². The molecule has 0 saturated carbocycles. The molecule has 0 aliphatic carbocycles. The van der Waals surface area contributed by atoms with Crippen LogP contribution in [0.4, 0.5) is 5.82 Å². The Morgan fingerprint density at radius 3 is 2.57 bits per heavy atom. The zero-order valence-corrected chi connectivity index (χ0v) is 12.7. The Kier molecular flexibility index (Phi) is 4.10. The van der Waals surface area contributed by atoms with Gasteiger partial charge in [-0.05, 0) is 29.8 Å². The van der Waals surface area contributed by atoms with E-state index in [0.717, 1.165) is 16.5 Å². The fraction of sp³-hybridized carbons (Fsp3) is 0.111. The lowest BCUT2D eigenvalue weighted by atomic mass is 10.1. The maximum Gasteiger partial charge on any atom is 0.251 e. The average molecular weight is 307 g/mol. The monoisotopic (exact) mass is 307 g/mol. The van der Waals surface area contributed by atoms with E-state index >= 15 is 0 Å². The predicted molar refractivity (Wildman–Crippen MR) is 90.2 cm³/mol. The molecule has 0 bridgehead atoms. The largest absolute Gasteiger partial charge is 0.348 e. The number of carbonyl (C=O) groups excluding carboxylic acids is 2. The van der Waals surface area contributed by atoms with Gasteiger partial charge in [0.05, 0.1) is 0 Å². The third-order valence-corrected chi connectivity index (χ3v) is 3.49. The van der Waals surface area contributed by atoms with E-state index < -0.39 is 0 Å². The second kappa shape index (κ2) is 6.36. The summed E-state index contributed by atoms with van der Waals surface area (Å²) in [7, 11) is 0. The van der Waals surface area contributed by atoms with Gasteiger partial charge in [0.2, 0.25) is 5.91 Å². The van der Waals surface area contributed by atoms with E-state index in [9.17, 15) is 9.59 Å². The maximum atomic E-state index is 12.3. The molecule has 3 N–H and O–H groups in total. The molecular formula is C18H17N3O2. The average Bonchev–Trinajstić information content (AvgIpc) is 2.94. The quantitative estimate of drug-likeness (QED) is 0.693. The number of carbonyl (C=O) groups is 2. The van der Waals surface area contributed by atoms with Crippen LogP contribution in [0, 0.1) is 0 Å². The Morgan fingerprint density at radius 1 is 1.04 bits per heavy atom. The number of hydrogen-bond donors (Lipinski definition) is 3. The Bertz CT molecular complexity index is 853. The molecule has 0 atom stereocenters. The van der Waals surface area contributed by atoms with Gasteiger partial charge in [-0.2, -0.15) is 0 Å². The van der Waals surface area contributed by atoms with Crippen LogP contribution in [-0.4, -0.2) is 16.8 Å². The van der Waals surface area contributed by atoms with Gasteiger partial charge in [-0.1, -0.05) is 30.3 Å². The summed E-state index contributed by atoms with van der Waals surface area (Å²) in [4.78, 5) is 26.4. The van der Waals surface area contributed by atoms with Gasteiger partial charge in [-0.15, -0.1) is 0 Å². The molecule has 0 saturated heterocycles. The van der Waals surface area contributed by atoms with Gasteiger partial charge >= 0.3 is 0 Å². The van der Waals surface area contributed by atoms with Gasteiger partial charge in [-0.25, -0.2) is 0 Å². The summed E-state index contributed by atoms with van der Waals surface area (Å²) >= 11 is 0. The summed E-state index contributed by atoms with van der Waals surface area (Å²) in [5.41, 5.74) is 2.51. The first kappa shape index (κ1) is 14.8. The number of amides is 2. The molecule has 0 fully saturated rings. The topological polar surface area (TPSA) is 74.0 Å². The van der Waals surface area contributed by atoms with Gasteiger partial charge in [0.15, 0.2) is 0 Å². The second-order valence-electron chi connectivity index (χ2n) is 5.33. The third-order valence-electron chi connectivity index (χ3n) is 3.49. The number of benzene rings is 2. The molecule has 0 unspecified atom stereocenters. The van der Waals surface area contributed by atoms with Crippen molar-refractivity contribution in [1.82, 2.24) is 10.3 Å². The third kappa shape index (κ3) is 3.58. The van der Waals surface area contributed by atoms with Crippen molar-refractivity contribution in [1.29, 1.82) is 0 Å². The van der Waals surface area contributed by atoms with Crippen molar-refractivity contribution in [3.05, 3.63) is 65.7 Å². The van der Waals surface area contributed by atoms with Crippen LogP contribution in [0.2, 0.25) is 0 Å². The first-order valence-electron chi connectivity index (χ1n) is 7.34. The minimum atomic E-state index is -0.141. The number of aromatic nitrogens is 1. The molecule has 0 spiro atoms. The highest BCUT2D eigenvalue weighted by Crippen LogP contribution is 2.20. The van der Waals surface area contributed by atoms with Crippen LogP contribution in [0.1, 0.15) is 22.8 Å². The number of hydrogen-bond acceptors (Lipinski definition) is 2. The van der Waals surface area contributed by atoms with E-state index in [1.807, 2.05) is 42.5 Å². The summed E-state index contributed by atoms with van der Waals surface area (Å²) in [6.07, 6.45) is 0. The van der Waals surface area contributed by atoms with Gasteiger partial charge < -0.3 is 15.6 Å². The van der Waals surface area contributed by atoms with Crippen LogP contribution in [0.15, 0.2) is 54.6 Å². The highest BCUT2D eigenvalue weighted by atomic mass is 16.2. The number of nitrogens with one attached hydrogen (secondary N) is 3. The van der Waals surface area contributed by atoms with Crippen LogP contribution in [0.25, 0.3) is 10.9 Å². The Morgan fingerprint density at radius 2 is 1.83 bits per heavy atom. The van der Waals surface area contributed by atoms with Crippen molar-refractivity contribution >= 4 is 28.5 Å². The molecule has 5 nitrogen and oxygen atoms in total. The number of rotatable bonds is 4. The number of aromatic amines is 1. The maximum absolute atomic E-state index is 12.3. The smallest absolute Gasteiger partial charge is 0.251 e. The molecule has 0 radical (unpaired) electrons. The van der Waals surface area contributed by atoms with E-state index in [1.165, 1.54) is 6.92 Å². The highest BCUT2D eigenvalue weighted by molar-refractivity contribution is 5.99. The lowest BCUT2D eigenvalue weighted by Crippen LogP contribution is -2.22. The summed E-state index contributed by atoms with van der Waals surface area (Å²) in [6.45, 7) is 1.94. The zero-order chi connectivity index (χ0) is 16.2. The number of H-pyrrole nitrogens is 1. The van der Waals surface area contributed by atoms with E-state index in [1.54, 1.807) is 12.1 Å². The molecular weight excluding hydrogens is 290 g/mol. The van der Waals surface area contributed by atoms with E-state index in [0.29, 0.717) is 17.9 Å². The van der Waals surface area contributed by atoms with E-state index in [4.69, 9.17) is 0 Å². The fourth-order valence-corrected chi connectivity index (χ4v) is 2.41. The van der Waals surface area contributed by atoms with Gasteiger partial charge in [0.1, 0.15) is 5.82 Å². The van der Waals surface area contributed by atoms with Crippen molar-refractivity contribution < 1.29 is 9.59 Å². The SMILES string of the molecule is CC(=O)Nc1cc2cc(C(=O)NCc3ccccc3)ccc2[nH]1. The molecule has 2 amide bonds. The summed E-state index contributed by atoms with van der Waals surface area (Å²) < 4.78 is 0. The minimum absolute atomic E-state index is 0.127. The molecule has 3 aromatic rings. The van der Waals surface area contributed by atoms with Crippen LogP contribution in [0.3, 0.4) is 0 Å². The van der Waals surface area contributed by atoms with Gasteiger partial charge in [0, 0.05) is 29.9 Å². The molecule has 2 aromatic carbocycles. The molecule has 0 aliphatic rings. The van der Waals surface area contributed by atoms with Crippen LogP contribution >= 0.6 is 0 Å². The fourth-order valence-electron chi connectivity index (χ4n) is 2.41. The summed E-state index contributed by atoms with van der Waals surface area (Å²) in [5, 5.41) is 6.47. The Balaban J connectivity index is 1.74. The second-order valence-corrected chi connectivity index (χ2v) is 5.33. The molecule has 1 aromatic heterocycles. The summed E-state index contributed by atoms with van der Waals surface area (Å²) in [6, 6.07) is 17.0. The number of fused-ring (bicyclic) bond motifs is 1. The van der Waals surface area contributed by atoms with Crippen molar-refractivity contribution in [2.45, 2.75) is 13.5 Å². The molecule has 5 heteroatoms. The molecule has 0 aliphatic heterocycles. The molecule has 23 heavy (non-hydrogen) atoms. The Hall–Kier alpha value is -3.08. The minimum Gasteiger partial charge on any atom is -0.348 e.